The number of carbonyl (C=O) groups is 1. The molecule has 1 heterocycles. The zero-order valence-electron chi connectivity index (χ0n) is 8.98. The van der Waals surface area contributed by atoms with Crippen LogP contribution >= 0.6 is 11.3 Å². The minimum atomic E-state index is 0.149. The molecule has 0 amide bonds. The fraction of sp³-hybridized carbons (Fsp3) is 0.545. The molecule has 0 unspecified atom stereocenters. The van der Waals surface area contributed by atoms with Crippen LogP contribution in [0.25, 0.3) is 0 Å². The standard InChI is InChI=1S/C11H17NO2S/c1-2-3-4-12(5-6-13)10-7-11(8-14)15-9-10/h7-9,13H,2-6H2,1H3. The lowest BCUT2D eigenvalue weighted by molar-refractivity contribution is 0.112. The van der Waals surface area contributed by atoms with Crippen LogP contribution in [0, 0.1) is 0 Å². The number of aliphatic hydroxyl groups is 1. The molecule has 0 saturated carbocycles. The van der Waals surface area contributed by atoms with Gasteiger partial charge in [-0.1, -0.05) is 13.3 Å². The van der Waals surface area contributed by atoms with Crippen molar-refractivity contribution >= 4 is 23.3 Å². The van der Waals surface area contributed by atoms with Crippen molar-refractivity contribution in [3.05, 3.63) is 16.3 Å². The first-order valence-corrected chi connectivity index (χ1v) is 6.09. The summed E-state index contributed by atoms with van der Waals surface area (Å²) in [6.07, 6.45) is 3.10. The maximum atomic E-state index is 10.6. The molecule has 0 aromatic carbocycles. The van der Waals surface area contributed by atoms with E-state index in [9.17, 15) is 4.79 Å². The molecule has 15 heavy (non-hydrogen) atoms. The molecule has 1 aromatic heterocycles. The molecule has 3 nitrogen and oxygen atoms in total. The zero-order chi connectivity index (χ0) is 11.1. The molecule has 0 aliphatic rings. The van der Waals surface area contributed by atoms with Crippen LogP contribution < -0.4 is 4.90 Å². The van der Waals surface area contributed by atoms with E-state index in [2.05, 4.69) is 11.8 Å². The van der Waals surface area contributed by atoms with Crippen LogP contribution in [0.15, 0.2) is 11.4 Å². The Morgan fingerprint density at radius 2 is 2.33 bits per heavy atom. The SMILES string of the molecule is CCCCN(CCO)c1csc(C=O)c1. The van der Waals surface area contributed by atoms with Gasteiger partial charge < -0.3 is 10.0 Å². The molecule has 1 N–H and O–H groups in total. The van der Waals surface area contributed by atoms with Gasteiger partial charge in [-0.2, -0.15) is 0 Å². The Kier molecular flexibility index (Phi) is 5.36. The van der Waals surface area contributed by atoms with Gasteiger partial charge in [0.25, 0.3) is 0 Å². The second-order valence-corrected chi connectivity index (χ2v) is 4.33. The van der Waals surface area contributed by atoms with E-state index in [1.165, 1.54) is 11.3 Å². The summed E-state index contributed by atoms with van der Waals surface area (Å²) in [5.74, 6) is 0. The van der Waals surface area contributed by atoms with E-state index < -0.39 is 0 Å². The first-order chi connectivity index (χ1) is 7.31. The molecule has 0 aliphatic carbocycles. The number of unbranched alkanes of at least 4 members (excludes halogenated alkanes) is 1. The van der Waals surface area contributed by atoms with Gasteiger partial charge in [0.15, 0.2) is 6.29 Å². The van der Waals surface area contributed by atoms with Crippen LogP contribution in [-0.4, -0.2) is 31.1 Å². The van der Waals surface area contributed by atoms with Crippen molar-refractivity contribution < 1.29 is 9.90 Å². The summed E-state index contributed by atoms with van der Waals surface area (Å²) in [4.78, 5) is 13.4. The topological polar surface area (TPSA) is 40.5 Å². The first kappa shape index (κ1) is 12.2. The van der Waals surface area contributed by atoms with Gasteiger partial charge >= 0.3 is 0 Å². The lowest BCUT2D eigenvalue weighted by Gasteiger charge is -2.22. The molecule has 84 valence electrons. The quantitative estimate of drug-likeness (QED) is 0.726. The molecular weight excluding hydrogens is 210 g/mol. The summed E-state index contributed by atoms with van der Waals surface area (Å²) in [7, 11) is 0. The van der Waals surface area contributed by atoms with Gasteiger partial charge in [-0.15, -0.1) is 11.3 Å². The van der Waals surface area contributed by atoms with Gasteiger partial charge in [0.05, 0.1) is 11.5 Å². The van der Waals surface area contributed by atoms with Crippen molar-refractivity contribution in [2.45, 2.75) is 19.8 Å². The predicted octanol–water partition coefficient (Wildman–Crippen LogP) is 2.16. The van der Waals surface area contributed by atoms with Gasteiger partial charge in [0.1, 0.15) is 0 Å². The van der Waals surface area contributed by atoms with E-state index in [-0.39, 0.29) is 6.61 Å². The minimum absolute atomic E-state index is 0.149. The highest BCUT2D eigenvalue weighted by atomic mass is 32.1. The maximum Gasteiger partial charge on any atom is 0.160 e. The second kappa shape index (κ2) is 6.58. The number of anilines is 1. The monoisotopic (exact) mass is 227 g/mol. The van der Waals surface area contributed by atoms with Gasteiger partial charge in [0.2, 0.25) is 0 Å². The predicted molar refractivity (Wildman–Crippen MR) is 63.9 cm³/mol. The third-order valence-corrected chi connectivity index (χ3v) is 3.08. The number of nitrogens with zero attached hydrogens (tertiary/aromatic N) is 1. The van der Waals surface area contributed by atoms with E-state index in [4.69, 9.17) is 5.11 Å². The van der Waals surface area contributed by atoms with E-state index in [1.54, 1.807) is 0 Å². The number of thiophene rings is 1. The fourth-order valence-electron chi connectivity index (χ4n) is 1.41. The Morgan fingerprint density at radius 1 is 1.53 bits per heavy atom. The molecule has 0 atom stereocenters. The van der Waals surface area contributed by atoms with Crippen molar-refractivity contribution in [1.82, 2.24) is 0 Å². The number of rotatable bonds is 7. The Morgan fingerprint density at radius 3 is 2.87 bits per heavy atom. The van der Waals surface area contributed by atoms with E-state index in [1.807, 2.05) is 11.4 Å². The lowest BCUT2D eigenvalue weighted by Crippen LogP contribution is -2.27. The molecule has 0 spiro atoms. The van der Waals surface area contributed by atoms with E-state index in [0.29, 0.717) is 6.54 Å². The third kappa shape index (κ3) is 3.64. The van der Waals surface area contributed by atoms with Gasteiger partial charge in [-0.25, -0.2) is 0 Å². The fourth-order valence-corrected chi connectivity index (χ4v) is 2.13. The molecule has 0 bridgehead atoms. The van der Waals surface area contributed by atoms with E-state index >= 15 is 0 Å². The number of aliphatic hydroxyl groups excluding tert-OH is 1. The van der Waals surface area contributed by atoms with Crippen molar-refractivity contribution in [3.63, 3.8) is 0 Å². The summed E-state index contributed by atoms with van der Waals surface area (Å²) >= 11 is 1.45. The summed E-state index contributed by atoms with van der Waals surface area (Å²) in [6, 6.07) is 1.88. The number of carbonyl (C=O) groups excluding carboxylic acids is 1. The Balaban J connectivity index is 2.64. The van der Waals surface area contributed by atoms with Crippen molar-refractivity contribution in [2.75, 3.05) is 24.6 Å². The molecule has 1 rings (SSSR count). The molecule has 0 aliphatic heterocycles. The van der Waals surface area contributed by atoms with Gasteiger partial charge in [0, 0.05) is 24.2 Å². The number of hydrogen-bond acceptors (Lipinski definition) is 4. The number of hydrogen-bond donors (Lipinski definition) is 1. The molecule has 0 fully saturated rings. The Hall–Kier alpha value is -0.870. The number of aldehydes is 1. The Bertz CT molecular complexity index is 299. The Labute approximate surface area is 94.3 Å². The highest BCUT2D eigenvalue weighted by Gasteiger charge is 2.07. The van der Waals surface area contributed by atoms with Crippen LogP contribution in [0.4, 0.5) is 5.69 Å². The van der Waals surface area contributed by atoms with Gasteiger partial charge in [-0.05, 0) is 12.5 Å². The first-order valence-electron chi connectivity index (χ1n) is 5.21. The van der Waals surface area contributed by atoms with Crippen LogP contribution in [0.2, 0.25) is 0 Å². The minimum Gasteiger partial charge on any atom is -0.395 e. The average Bonchev–Trinajstić information content (AvgIpc) is 2.72. The zero-order valence-corrected chi connectivity index (χ0v) is 9.80. The van der Waals surface area contributed by atoms with Crippen LogP contribution in [-0.2, 0) is 0 Å². The van der Waals surface area contributed by atoms with E-state index in [0.717, 1.165) is 36.2 Å². The largest absolute Gasteiger partial charge is 0.395 e. The highest BCUT2D eigenvalue weighted by Crippen LogP contribution is 2.22. The summed E-state index contributed by atoms with van der Waals surface area (Å²) in [5, 5.41) is 10.9. The maximum absolute atomic E-state index is 10.6. The van der Waals surface area contributed by atoms with Crippen LogP contribution in [0.1, 0.15) is 29.4 Å². The molecule has 0 saturated heterocycles. The normalized spacial score (nSPS) is 10.3. The highest BCUT2D eigenvalue weighted by molar-refractivity contribution is 7.12. The van der Waals surface area contributed by atoms with Crippen LogP contribution in [0.3, 0.4) is 0 Å². The van der Waals surface area contributed by atoms with Crippen LogP contribution in [0.5, 0.6) is 0 Å². The summed E-state index contributed by atoms with van der Waals surface area (Å²) in [6.45, 7) is 3.86. The molecule has 4 heteroatoms. The van der Waals surface area contributed by atoms with Crippen molar-refractivity contribution in [1.29, 1.82) is 0 Å². The van der Waals surface area contributed by atoms with Crippen molar-refractivity contribution in [3.8, 4) is 0 Å². The second-order valence-electron chi connectivity index (χ2n) is 3.39. The van der Waals surface area contributed by atoms with Gasteiger partial charge in [-0.3, -0.25) is 4.79 Å². The van der Waals surface area contributed by atoms with Crippen molar-refractivity contribution in [2.24, 2.45) is 0 Å². The molecule has 1 aromatic rings. The molecular formula is C11H17NO2S. The third-order valence-electron chi connectivity index (χ3n) is 2.24. The smallest absolute Gasteiger partial charge is 0.160 e. The lowest BCUT2D eigenvalue weighted by atomic mass is 10.3. The summed E-state index contributed by atoms with van der Waals surface area (Å²) < 4.78 is 0. The average molecular weight is 227 g/mol. The molecule has 0 radical (unpaired) electrons. The summed E-state index contributed by atoms with van der Waals surface area (Å²) in [5.41, 5.74) is 1.05.